The van der Waals surface area contributed by atoms with Gasteiger partial charge in [-0.15, -0.1) is 0 Å². The Labute approximate surface area is 184 Å². The molecule has 2 amide bonds. The summed E-state index contributed by atoms with van der Waals surface area (Å²) in [5, 5.41) is 10.3. The minimum atomic E-state index is -1.01. The maximum absolute atomic E-state index is 13.0. The number of allylic oxidation sites excluding steroid dienone is 2. The number of fused-ring (bicyclic) bond motifs is 6. The predicted octanol–water partition coefficient (Wildman–Crippen LogP) is 4.22. The van der Waals surface area contributed by atoms with Crippen LogP contribution in [-0.2, 0) is 9.59 Å². The fourth-order valence-corrected chi connectivity index (χ4v) is 5.65. The van der Waals surface area contributed by atoms with E-state index in [0.29, 0.717) is 22.3 Å². The molecule has 0 unspecified atom stereocenters. The predicted molar refractivity (Wildman–Crippen MR) is 119 cm³/mol. The van der Waals surface area contributed by atoms with Crippen LogP contribution in [-0.4, -0.2) is 27.9 Å². The first-order valence-corrected chi connectivity index (χ1v) is 10.7. The van der Waals surface area contributed by atoms with E-state index in [2.05, 4.69) is 12.2 Å². The summed E-state index contributed by atoms with van der Waals surface area (Å²) >= 11 is 0. The standard InChI is InChI=1S/C26H20N2O4/c1-13-3-2-4-18-19(26(31)32)12-20(27-23(13)18)14-7-9-17(10-8-14)28-24(29)21-15-5-6-16(11-15)22(21)25(28)30/h2-10,12,15-16,21-22H,11H2,1H3,(H,31,32)/t15-,16-,21-,22-/m0/s1. The van der Waals surface area contributed by atoms with E-state index in [1.807, 2.05) is 19.1 Å². The van der Waals surface area contributed by atoms with Crippen molar-refractivity contribution in [1.82, 2.24) is 4.98 Å². The number of aromatic carboxylic acids is 1. The Morgan fingerprint density at radius 1 is 1.00 bits per heavy atom. The third kappa shape index (κ3) is 2.52. The maximum atomic E-state index is 13.0. The topological polar surface area (TPSA) is 87.6 Å². The molecule has 1 aromatic heterocycles. The van der Waals surface area contributed by atoms with E-state index in [0.717, 1.165) is 17.5 Å². The smallest absolute Gasteiger partial charge is 0.336 e. The summed E-state index contributed by atoms with van der Waals surface area (Å²) in [4.78, 5) is 44.0. The van der Waals surface area contributed by atoms with Gasteiger partial charge in [0, 0.05) is 10.9 Å². The number of hydrogen-bond donors (Lipinski definition) is 1. The number of carboxylic acid groups (broad SMARTS) is 1. The molecule has 2 heterocycles. The molecule has 1 N–H and O–H groups in total. The lowest BCUT2D eigenvalue weighted by atomic mass is 9.85. The summed E-state index contributed by atoms with van der Waals surface area (Å²) in [6, 6.07) is 14.1. The number of aromatic nitrogens is 1. The van der Waals surface area contributed by atoms with Crippen LogP contribution in [0.1, 0.15) is 22.3 Å². The third-order valence-corrected chi connectivity index (χ3v) is 7.16. The van der Waals surface area contributed by atoms with Gasteiger partial charge in [0.1, 0.15) is 0 Å². The number of imide groups is 1. The molecule has 2 aliphatic carbocycles. The van der Waals surface area contributed by atoms with Gasteiger partial charge >= 0.3 is 5.97 Å². The van der Waals surface area contributed by atoms with Crippen LogP contribution >= 0.6 is 0 Å². The van der Waals surface area contributed by atoms with Crippen LogP contribution in [0.2, 0.25) is 0 Å². The molecule has 2 bridgehead atoms. The largest absolute Gasteiger partial charge is 0.478 e. The molecule has 6 heteroatoms. The third-order valence-electron chi connectivity index (χ3n) is 7.16. The zero-order chi connectivity index (χ0) is 22.1. The van der Waals surface area contributed by atoms with Crippen LogP contribution in [0, 0.1) is 30.6 Å². The van der Waals surface area contributed by atoms with Gasteiger partial charge in [0.15, 0.2) is 0 Å². The van der Waals surface area contributed by atoms with Crippen molar-refractivity contribution in [1.29, 1.82) is 0 Å². The van der Waals surface area contributed by atoms with E-state index in [9.17, 15) is 19.5 Å². The molecule has 0 radical (unpaired) electrons. The monoisotopic (exact) mass is 424 g/mol. The minimum absolute atomic E-state index is 0.114. The fraction of sp³-hybridized carbons (Fsp3) is 0.231. The molecule has 3 aromatic rings. The summed E-state index contributed by atoms with van der Waals surface area (Å²) in [5.41, 5.74) is 3.54. The molecule has 6 nitrogen and oxygen atoms in total. The van der Waals surface area contributed by atoms with Crippen LogP contribution in [0.4, 0.5) is 5.69 Å². The lowest BCUT2D eigenvalue weighted by molar-refractivity contribution is -0.123. The summed E-state index contributed by atoms with van der Waals surface area (Å²) in [6.07, 6.45) is 5.06. The van der Waals surface area contributed by atoms with E-state index in [1.165, 1.54) is 4.90 Å². The van der Waals surface area contributed by atoms with Gasteiger partial charge in [-0.2, -0.15) is 0 Å². The van der Waals surface area contributed by atoms with Crippen LogP contribution in [0.15, 0.2) is 60.7 Å². The zero-order valence-corrected chi connectivity index (χ0v) is 17.4. The summed E-state index contributed by atoms with van der Waals surface area (Å²) in [6.45, 7) is 1.90. The lowest BCUT2D eigenvalue weighted by Crippen LogP contribution is -2.32. The van der Waals surface area contributed by atoms with Gasteiger partial charge in [0.05, 0.1) is 34.3 Å². The van der Waals surface area contributed by atoms with Crippen molar-refractivity contribution in [3.05, 3.63) is 71.8 Å². The number of para-hydroxylation sites is 1. The van der Waals surface area contributed by atoms with Crippen molar-refractivity contribution in [2.45, 2.75) is 13.3 Å². The van der Waals surface area contributed by atoms with Gasteiger partial charge in [-0.3, -0.25) is 14.5 Å². The van der Waals surface area contributed by atoms with Gasteiger partial charge < -0.3 is 5.11 Å². The van der Waals surface area contributed by atoms with Crippen LogP contribution < -0.4 is 4.90 Å². The van der Waals surface area contributed by atoms with Gasteiger partial charge in [-0.05, 0) is 48.9 Å². The van der Waals surface area contributed by atoms with Crippen LogP contribution in [0.5, 0.6) is 0 Å². The second-order valence-corrected chi connectivity index (χ2v) is 8.89. The molecule has 2 aromatic carbocycles. The number of rotatable bonds is 3. The molecular weight excluding hydrogens is 404 g/mol. The second-order valence-electron chi connectivity index (χ2n) is 8.89. The molecule has 1 saturated heterocycles. The van der Waals surface area contributed by atoms with E-state index in [4.69, 9.17) is 4.98 Å². The van der Waals surface area contributed by atoms with Gasteiger partial charge in [0.25, 0.3) is 0 Å². The SMILES string of the molecule is Cc1cccc2c(C(=O)O)cc(-c3ccc(N4C(=O)[C@@H]5[C@@H](C4=O)[C@H]4C=C[C@H]5C4)cc3)nc12. The first-order chi connectivity index (χ1) is 15.4. The molecule has 4 atom stereocenters. The molecule has 3 aliphatic rings. The number of aryl methyl sites for hydroxylation is 1. The maximum Gasteiger partial charge on any atom is 0.336 e. The average Bonchev–Trinajstić information content (AvgIpc) is 3.47. The Balaban J connectivity index is 1.38. The number of benzene rings is 2. The fourth-order valence-electron chi connectivity index (χ4n) is 5.65. The summed E-state index contributed by atoms with van der Waals surface area (Å²) < 4.78 is 0. The minimum Gasteiger partial charge on any atom is -0.478 e. The highest BCUT2D eigenvalue weighted by atomic mass is 16.4. The highest BCUT2D eigenvalue weighted by Crippen LogP contribution is 2.53. The number of pyridine rings is 1. The van der Waals surface area contributed by atoms with Crippen LogP contribution in [0.25, 0.3) is 22.2 Å². The molecule has 32 heavy (non-hydrogen) atoms. The Hall–Kier alpha value is -3.80. The molecular formula is C26H20N2O4. The van der Waals surface area contributed by atoms with Crippen molar-refractivity contribution in [2.24, 2.45) is 23.7 Å². The molecule has 2 fully saturated rings. The number of carboxylic acids is 1. The first-order valence-electron chi connectivity index (χ1n) is 10.7. The molecule has 1 saturated carbocycles. The first kappa shape index (κ1) is 18.9. The van der Waals surface area contributed by atoms with E-state index in [-0.39, 0.29) is 41.0 Å². The number of carbonyl (C=O) groups excluding carboxylic acids is 2. The lowest BCUT2D eigenvalue weighted by Gasteiger charge is -2.17. The van der Waals surface area contributed by atoms with Crippen LogP contribution in [0.3, 0.4) is 0 Å². The molecule has 6 rings (SSSR count). The summed E-state index contributed by atoms with van der Waals surface area (Å²) in [7, 11) is 0. The number of carbonyl (C=O) groups is 3. The zero-order valence-electron chi connectivity index (χ0n) is 17.4. The molecule has 0 spiro atoms. The van der Waals surface area contributed by atoms with Crippen molar-refractivity contribution in [3.8, 4) is 11.3 Å². The van der Waals surface area contributed by atoms with Gasteiger partial charge in [-0.25, -0.2) is 9.78 Å². The number of anilines is 1. The highest BCUT2D eigenvalue weighted by molar-refractivity contribution is 6.22. The quantitative estimate of drug-likeness (QED) is 0.502. The number of hydrogen-bond acceptors (Lipinski definition) is 4. The van der Waals surface area contributed by atoms with E-state index >= 15 is 0 Å². The van der Waals surface area contributed by atoms with Gasteiger partial charge in [0.2, 0.25) is 11.8 Å². The van der Waals surface area contributed by atoms with Crippen molar-refractivity contribution in [2.75, 3.05) is 4.90 Å². The van der Waals surface area contributed by atoms with Gasteiger partial charge in [-0.1, -0.05) is 42.5 Å². The average molecular weight is 424 g/mol. The normalized spacial score (nSPS) is 25.7. The highest BCUT2D eigenvalue weighted by Gasteiger charge is 2.59. The Bertz CT molecular complexity index is 1330. The summed E-state index contributed by atoms with van der Waals surface area (Å²) in [5.74, 6) is -1.37. The Morgan fingerprint density at radius 2 is 1.66 bits per heavy atom. The van der Waals surface area contributed by atoms with Crippen molar-refractivity contribution < 1.29 is 19.5 Å². The van der Waals surface area contributed by atoms with Crippen molar-refractivity contribution in [3.63, 3.8) is 0 Å². The number of amides is 2. The van der Waals surface area contributed by atoms with E-state index in [1.54, 1.807) is 36.4 Å². The molecule has 1 aliphatic heterocycles. The van der Waals surface area contributed by atoms with Crippen molar-refractivity contribution >= 4 is 34.4 Å². The number of nitrogens with zero attached hydrogens (tertiary/aromatic N) is 2. The Kier molecular flexibility index (Phi) is 3.90. The second kappa shape index (κ2) is 6.60. The Morgan fingerprint density at radius 3 is 2.28 bits per heavy atom. The molecule has 158 valence electrons. The van der Waals surface area contributed by atoms with E-state index < -0.39 is 5.97 Å².